The molecule has 0 fully saturated rings. The van der Waals surface area contributed by atoms with Crippen LogP contribution in [0.5, 0.6) is 0 Å². The molecule has 16 heavy (non-hydrogen) atoms. The number of carbonyl (C=O) groups excluding carboxylic acids is 2. The smallest absolute Gasteiger partial charge is 0.264 e. The Morgan fingerprint density at radius 1 is 1.56 bits per heavy atom. The zero-order chi connectivity index (χ0) is 12.1. The van der Waals surface area contributed by atoms with Gasteiger partial charge in [0.05, 0.1) is 5.56 Å². The summed E-state index contributed by atoms with van der Waals surface area (Å²) in [6.07, 6.45) is 3.58. The summed E-state index contributed by atoms with van der Waals surface area (Å²) in [5.74, 6) is -0.345. The van der Waals surface area contributed by atoms with E-state index >= 15 is 0 Å². The lowest BCUT2D eigenvalue weighted by Gasteiger charge is -2.20. The third-order valence-corrected chi connectivity index (χ3v) is 2.23. The molecule has 2 amide bonds. The Morgan fingerprint density at radius 3 is 2.75 bits per heavy atom. The van der Waals surface area contributed by atoms with E-state index in [9.17, 15) is 9.59 Å². The molecule has 0 aliphatic rings. The Kier molecular flexibility index (Phi) is 3.99. The van der Waals surface area contributed by atoms with Gasteiger partial charge in [-0.3, -0.25) is 19.5 Å². The van der Waals surface area contributed by atoms with Crippen molar-refractivity contribution in [3.63, 3.8) is 0 Å². The van der Waals surface area contributed by atoms with Crippen LogP contribution in [0.3, 0.4) is 0 Å². The molecular formula is C11H15N3O2. The average molecular weight is 221 g/mol. The Balaban J connectivity index is 3.08. The van der Waals surface area contributed by atoms with Crippen molar-refractivity contribution >= 4 is 18.0 Å². The summed E-state index contributed by atoms with van der Waals surface area (Å²) in [6, 6.07) is 1.52. The minimum absolute atomic E-state index is 0.171. The van der Waals surface area contributed by atoms with Crippen LogP contribution in [0, 0.1) is 0 Å². The molecule has 0 saturated heterocycles. The van der Waals surface area contributed by atoms with Crippen molar-refractivity contribution in [3.05, 3.63) is 24.0 Å². The van der Waals surface area contributed by atoms with Crippen LogP contribution in [0.4, 0.5) is 5.69 Å². The fourth-order valence-electron chi connectivity index (χ4n) is 1.33. The van der Waals surface area contributed by atoms with E-state index in [1.54, 1.807) is 33.2 Å². The molecule has 0 unspecified atom stereocenters. The summed E-state index contributed by atoms with van der Waals surface area (Å²) < 4.78 is 0. The van der Waals surface area contributed by atoms with E-state index in [-0.39, 0.29) is 11.9 Å². The van der Waals surface area contributed by atoms with Crippen LogP contribution in [0.15, 0.2) is 18.5 Å². The summed E-state index contributed by atoms with van der Waals surface area (Å²) in [4.78, 5) is 27.9. The van der Waals surface area contributed by atoms with E-state index in [1.807, 2.05) is 0 Å². The molecule has 0 atom stereocenters. The molecule has 0 saturated carbocycles. The second-order valence-corrected chi connectivity index (χ2v) is 3.58. The molecule has 1 rings (SSSR count). The molecule has 0 spiro atoms. The van der Waals surface area contributed by atoms with E-state index < -0.39 is 0 Å². The summed E-state index contributed by atoms with van der Waals surface area (Å²) in [6.45, 7) is 3.56. The number of anilines is 1. The number of hydrogen-bond acceptors (Lipinski definition) is 4. The highest BCUT2D eigenvalue weighted by atomic mass is 16.2. The zero-order valence-corrected chi connectivity index (χ0v) is 9.60. The number of nitrogens with zero attached hydrogens (tertiary/aromatic N) is 2. The van der Waals surface area contributed by atoms with Crippen LogP contribution in [0.1, 0.15) is 24.2 Å². The van der Waals surface area contributed by atoms with Gasteiger partial charge < -0.3 is 5.32 Å². The lowest BCUT2D eigenvalue weighted by molar-refractivity contribution is -0.117. The Hall–Kier alpha value is -1.91. The van der Waals surface area contributed by atoms with Gasteiger partial charge in [0, 0.05) is 31.2 Å². The van der Waals surface area contributed by atoms with Gasteiger partial charge in [0.1, 0.15) is 0 Å². The first-order valence-electron chi connectivity index (χ1n) is 5.01. The van der Waals surface area contributed by atoms with E-state index in [0.29, 0.717) is 17.7 Å². The van der Waals surface area contributed by atoms with Crippen LogP contribution in [0.25, 0.3) is 0 Å². The molecule has 0 radical (unpaired) electrons. The normalized spacial score (nSPS) is 10.0. The second-order valence-electron chi connectivity index (χ2n) is 3.58. The molecule has 86 valence electrons. The van der Waals surface area contributed by atoms with Gasteiger partial charge in [0.15, 0.2) is 0 Å². The maximum absolute atomic E-state index is 12.0. The first-order valence-corrected chi connectivity index (χ1v) is 5.01. The second kappa shape index (κ2) is 5.25. The number of amides is 2. The van der Waals surface area contributed by atoms with E-state index in [2.05, 4.69) is 10.3 Å². The van der Waals surface area contributed by atoms with Crippen molar-refractivity contribution in [2.45, 2.75) is 19.9 Å². The van der Waals surface area contributed by atoms with Crippen LogP contribution >= 0.6 is 0 Å². The molecule has 5 nitrogen and oxygen atoms in total. The minimum atomic E-state index is -0.345. The largest absolute Gasteiger partial charge is 0.387 e. The van der Waals surface area contributed by atoms with E-state index in [1.165, 1.54) is 6.20 Å². The molecule has 0 aliphatic carbocycles. The topological polar surface area (TPSA) is 62.3 Å². The van der Waals surface area contributed by atoms with Crippen molar-refractivity contribution in [1.82, 2.24) is 9.88 Å². The minimum Gasteiger partial charge on any atom is -0.387 e. The van der Waals surface area contributed by atoms with Gasteiger partial charge >= 0.3 is 0 Å². The molecule has 0 aliphatic heterocycles. The lowest BCUT2D eigenvalue weighted by Crippen LogP contribution is -2.36. The highest BCUT2D eigenvalue weighted by Gasteiger charge is 2.20. The summed E-state index contributed by atoms with van der Waals surface area (Å²) in [5.41, 5.74) is 1.05. The summed E-state index contributed by atoms with van der Waals surface area (Å²) in [5, 5.41) is 2.89. The van der Waals surface area contributed by atoms with E-state index in [4.69, 9.17) is 0 Å². The monoisotopic (exact) mass is 221 g/mol. The Morgan fingerprint density at radius 2 is 2.25 bits per heavy atom. The van der Waals surface area contributed by atoms with Gasteiger partial charge in [-0.05, 0) is 19.9 Å². The van der Waals surface area contributed by atoms with Crippen LogP contribution in [-0.2, 0) is 4.79 Å². The predicted octanol–water partition coefficient (Wildman–Crippen LogP) is 1.13. The molecular weight excluding hydrogens is 206 g/mol. The van der Waals surface area contributed by atoms with Crippen molar-refractivity contribution < 1.29 is 9.59 Å². The first-order chi connectivity index (χ1) is 7.61. The third kappa shape index (κ3) is 2.36. The first kappa shape index (κ1) is 12.2. The van der Waals surface area contributed by atoms with Gasteiger partial charge in [-0.2, -0.15) is 0 Å². The van der Waals surface area contributed by atoms with Gasteiger partial charge in [-0.15, -0.1) is 0 Å². The number of hydrogen-bond donors (Lipinski definition) is 1. The third-order valence-electron chi connectivity index (χ3n) is 2.23. The average Bonchev–Trinajstić information content (AvgIpc) is 2.29. The predicted molar refractivity (Wildman–Crippen MR) is 61.2 cm³/mol. The highest BCUT2D eigenvalue weighted by Crippen LogP contribution is 2.15. The number of aromatic nitrogens is 1. The number of nitrogens with one attached hydrogen (secondary N) is 1. The number of imide groups is 1. The van der Waals surface area contributed by atoms with Crippen LogP contribution < -0.4 is 5.32 Å². The fourth-order valence-corrected chi connectivity index (χ4v) is 1.33. The quantitative estimate of drug-likeness (QED) is 0.774. The van der Waals surface area contributed by atoms with Gasteiger partial charge in [-0.1, -0.05) is 0 Å². The molecule has 0 aromatic carbocycles. The van der Waals surface area contributed by atoms with Gasteiger partial charge in [0.2, 0.25) is 6.41 Å². The van der Waals surface area contributed by atoms with Crippen LogP contribution in [0.2, 0.25) is 0 Å². The number of carbonyl (C=O) groups is 2. The molecule has 1 aromatic rings. The molecule has 5 heteroatoms. The van der Waals surface area contributed by atoms with E-state index in [0.717, 1.165) is 4.90 Å². The van der Waals surface area contributed by atoms with Crippen molar-refractivity contribution in [2.24, 2.45) is 0 Å². The van der Waals surface area contributed by atoms with Gasteiger partial charge in [-0.25, -0.2) is 0 Å². The Bertz CT molecular complexity index is 391. The molecule has 1 aromatic heterocycles. The molecule has 1 heterocycles. The maximum Gasteiger partial charge on any atom is 0.264 e. The van der Waals surface area contributed by atoms with Crippen molar-refractivity contribution in [2.75, 3.05) is 12.4 Å². The summed E-state index contributed by atoms with van der Waals surface area (Å²) in [7, 11) is 1.72. The van der Waals surface area contributed by atoms with Gasteiger partial charge in [0.25, 0.3) is 5.91 Å². The van der Waals surface area contributed by atoms with Crippen molar-refractivity contribution in [3.8, 4) is 0 Å². The number of rotatable bonds is 4. The fraction of sp³-hybridized carbons (Fsp3) is 0.364. The maximum atomic E-state index is 12.0. The summed E-state index contributed by atoms with van der Waals surface area (Å²) >= 11 is 0. The number of pyridine rings is 1. The zero-order valence-electron chi connectivity index (χ0n) is 9.60. The standard InChI is InChI=1S/C11H15N3O2/c1-8(2)14(7-15)11(16)9-6-13-5-4-10(9)12-3/h4-8H,1-3H3,(H,12,13). The molecule has 1 N–H and O–H groups in total. The highest BCUT2D eigenvalue weighted by molar-refractivity contribution is 6.03. The lowest BCUT2D eigenvalue weighted by atomic mass is 10.2. The van der Waals surface area contributed by atoms with Crippen LogP contribution in [-0.4, -0.2) is 35.3 Å². The SMILES string of the molecule is CNc1ccncc1C(=O)N(C=O)C(C)C. The molecule has 0 bridgehead atoms. The van der Waals surface area contributed by atoms with Crippen molar-refractivity contribution in [1.29, 1.82) is 0 Å². The Labute approximate surface area is 94.5 Å².